The van der Waals surface area contributed by atoms with E-state index in [9.17, 15) is 9.59 Å². The van der Waals surface area contributed by atoms with Gasteiger partial charge in [0, 0.05) is 6.54 Å². The molecule has 4 heteroatoms. The monoisotopic (exact) mass is 365 g/mol. The van der Waals surface area contributed by atoms with Gasteiger partial charge in [-0.2, -0.15) is 0 Å². The minimum atomic E-state index is -0.492. The summed E-state index contributed by atoms with van der Waals surface area (Å²) in [5, 5.41) is 0. The van der Waals surface area contributed by atoms with Crippen LogP contribution in [0.1, 0.15) is 43.2 Å². The number of hydrogen-bond donors (Lipinski definition) is 0. The molecular weight excluding hydrogens is 338 g/mol. The van der Waals surface area contributed by atoms with E-state index < -0.39 is 12.0 Å². The van der Waals surface area contributed by atoms with Gasteiger partial charge in [-0.1, -0.05) is 74.0 Å². The second kappa shape index (κ2) is 8.85. The number of methoxy groups -OCH3 is 1. The van der Waals surface area contributed by atoms with Crippen molar-refractivity contribution in [2.75, 3.05) is 13.7 Å². The zero-order valence-electron chi connectivity index (χ0n) is 16.0. The van der Waals surface area contributed by atoms with Gasteiger partial charge in [-0.3, -0.25) is 4.79 Å². The minimum absolute atomic E-state index is 0.0265. The summed E-state index contributed by atoms with van der Waals surface area (Å²) in [6, 6.07) is 19.1. The molecule has 2 aromatic carbocycles. The van der Waals surface area contributed by atoms with Crippen LogP contribution in [0.5, 0.6) is 0 Å². The van der Waals surface area contributed by atoms with Crippen molar-refractivity contribution >= 4 is 11.9 Å². The van der Waals surface area contributed by atoms with Gasteiger partial charge in [0.1, 0.15) is 6.04 Å². The fourth-order valence-electron chi connectivity index (χ4n) is 4.08. The third kappa shape index (κ3) is 4.21. The predicted octanol–water partition coefficient (Wildman–Crippen LogP) is 4.01. The highest BCUT2D eigenvalue weighted by Crippen LogP contribution is 2.33. The highest BCUT2D eigenvalue weighted by atomic mass is 16.5. The minimum Gasteiger partial charge on any atom is -0.467 e. The first-order valence-electron chi connectivity index (χ1n) is 9.63. The summed E-state index contributed by atoms with van der Waals surface area (Å²) in [6.45, 7) is 2.75. The predicted molar refractivity (Wildman–Crippen MR) is 105 cm³/mol. The van der Waals surface area contributed by atoms with Crippen molar-refractivity contribution in [2.45, 2.75) is 38.1 Å². The van der Waals surface area contributed by atoms with E-state index in [1.54, 1.807) is 4.90 Å². The number of carbonyl (C=O) groups excluding carboxylic acids is 2. The molecule has 1 heterocycles. The standard InChI is InChI=1S/C23H27NO3/c1-3-10-17-15-20(23(26)27-2)24(16-17)22(25)21(18-11-6-4-7-12-18)19-13-8-5-9-14-19/h4-9,11-14,17,20-21H,3,10,15-16H2,1-2H3/t17-,20-/m0/s1. The van der Waals surface area contributed by atoms with E-state index in [1.165, 1.54) is 7.11 Å². The van der Waals surface area contributed by atoms with Crippen molar-refractivity contribution in [3.05, 3.63) is 71.8 Å². The van der Waals surface area contributed by atoms with E-state index in [1.807, 2.05) is 60.7 Å². The number of carbonyl (C=O) groups is 2. The molecule has 0 aromatic heterocycles. The Morgan fingerprint density at radius 2 is 1.59 bits per heavy atom. The Morgan fingerprint density at radius 1 is 1.04 bits per heavy atom. The van der Waals surface area contributed by atoms with Gasteiger partial charge in [-0.15, -0.1) is 0 Å². The Hall–Kier alpha value is -2.62. The Labute approximate surface area is 161 Å². The van der Waals surface area contributed by atoms with Crippen LogP contribution < -0.4 is 0 Å². The number of benzene rings is 2. The van der Waals surface area contributed by atoms with Crippen LogP contribution in [0.25, 0.3) is 0 Å². The van der Waals surface area contributed by atoms with E-state index in [0.717, 1.165) is 24.0 Å². The molecule has 0 saturated carbocycles. The van der Waals surface area contributed by atoms with Crippen molar-refractivity contribution < 1.29 is 14.3 Å². The Morgan fingerprint density at radius 3 is 2.07 bits per heavy atom. The average molecular weight is 365 g/mol. The molecule has 0 N–H and O–H groups in total. The molecule has 4 nitrogen and oxygen atoms in total. The largest absolute Gasteiger partial charge is 0.467 e. The van der Waals surface area contributed by atoms with Crippen LogP contribution in [0.2, 0.25) is 0 Å². The third-order valence-electron chi connectivity index (χ3n) is 5.35. The maximum absolute atomic E-state index is 13.6. The second-order valence-electron chi connectivity index (χ2n) is 7.17. The molecule has 142 valence electrons. The highest BCUT2D eigenvalue weighted by molar-refractivity contribution is 5.91. The number of rotatable bonds is 6. The topological polar surface area (TPSA) is 46.6 Å². The summed E-state index contributed by atoms with van der Waals surface area (Å²) >= 11 is 0. The summed E-state index contributed by atoms with van der Waals surface area (Å²) in [4.78, 5) is 27.8. The molecule has 1 aliphatic heterocycles. The molecule has 0 spiro atoms. The summed E-state index contributed by atoms with van der Waals surface area (Å²) in [5.74, 6) is -0.418. The van der Waals surface area contributed by atoms with Crippen LogP contribution in [0, 0.1) is 5.92 Å². The van der Waals surface area contributed by atoms with E-state index in [4.69, 9.17) is 4.74 Å². The summed E-state index contributed by atoms with van der Waals surface area (Å²) in [6.07, 6.45) is 2.74. The zero-order valence-corrected chi connectivity index (χ0v) is 16.0. The lowest BCUT2D eigenvalue weighted by Crippen LogP contribution is -2.43. The van der Waals surface area contributed by atoms with Crippen molar-refractivity contribution in [1.82, 2.24) is 4.90 Å². The fraction of sp³-hybridized carbons (Fsp3) is 0.391. The molecule has 1 saturated heterocycles. The van der Waals surface area contributed by atoms with E-state index in [0.29, 0.717) is 18.9 Å². The van der Waals surface area contributed by atoms with Gasteiger partial charge in [-0.05, 0) is 29.9 Å². The Kier molecular flexibility index (Phi) is 6.28. The average Bonchev–Trinajstić information content (AvgIpc) is 3.13. The molecule has 3 rings (SSSR count). The van der Waals surface area contributed by atoms with Crippen LogP contribution in [0.3, 0.4) is 0 Å². The molecular formula is C23H27NO3. The number of hydrogen-bond acceptors (Lipinski definition) is 3. The third-order valence-corrected chi connectivity index (χ3v) is 5.35. The summed E-state index contributed by atoms with van der Waals surface area (Å²) < 4.78 is 5.00. The van der Waals surface area contributed by atoms with Gasteiger partial charge in [0.25, 0.3) is 0 Å². The van der Waals surface area contributed by atoms with Crippen molar-refractivity contribution in [1.29, 1.82) is 0 Å². The van der Waals surface area contributed by atoms with Gasteiger partial charge < -0.3 is 9.64 Å². The van der Waals surface area contributed by atoms with Crippen LogP contribution in [0.4, 0.5) is 0 Å². The Bertz CT molecular complexity index is 720. The molecule has 0 unspecified atom stereocenters. The van der Waals surface area contributed by atoms with E-state index in [2.05, 4.69) is 6.92 Å². The fourth-order valence-corrected chi connectivity index (χ4v) is 4.08. The summed E-state index contributed by atoms with van der Waals surface area (Å²) in [5.41, 5.74) is 1.88. The smallest absolute Gasteiger partial charge is 0.328 e. The van der Waals surface area contributed by atoms with Crippen molar-refractivity contribution in [3.8, 4) is 0 Å². The quantitative estimate of drug-likeness (QED) is 0.727. The number of likely N-dealkylation sites (tertiary alicyclic amines) is 1. The van der Waals surface area contributed by atoms with E-state index in [-0.39, 0.29) is 11.9 Å². The lowest BCUT2D eigenvalue weighted by molar-refractivity contribution is -0.151. The molecule has 0 aliphatic carbocycles. The van der Waals surface area contributed by atoms with Crippen LogP contribution in [-0.4, -0.2) is 36.5 Å². The van der Waals surface area contributed by atoms with Gasteiger partial charge >= 0.3 is 5.97 Å². The SMILES string of the molecule is CCC[C@H]1C[C@@H](C(=O)OC)N(C(=O)C(c2ccccc2)c2ccccc2)C1. The first kappa shape index (κ1) is 19.2. The van der Waals surface area contributed by atoms with Gasteiger partial charge in [0.05, 0.1) is 13.0 Å². The van der Waals surface area contributed by atoms with Crippen LogP contribution in [-0.2, 0) is 14.3 Å². The van der Waals surface area contributed by atoms with Crippen LogP contribution in [0.15, 0.2) is 60.7 Å². The molecule has 1 fully saturated rings. The molecule has 0 radical (unpaired) electrons. The summed E-state index contributed by atoms with van der Waals surface area (Å²) in [7, 11) is 1.39. The van der Waals surface area contributed by atoms with Crippen molar-refractivity contribution in [3.63, 3.8) is 0 Å². The molecule has 1 amide bonds. The van der Waals surface area contributed by atoms with E-state index >= 15 is 0 Å². The van der Waals surface area contributed by atoms with Gasteiger partial charge in [0.15, 0.2) is 0 Å². The maximum Gasteiger partial charge on any atom is 0.328 e. The maximum atomic E-state index is 13.6. The van der Waals surface area contributed by atoms with Crippen LogP contribution >= 0.6 is 0 Å². The number of ether oxygens (including phenoxy) is 1. The lowest BCUT2D eigenvalue weighted by atomic mass is 9.90. The molecule has 2 aromatic rings. The number of esters is 1. The number of nitrogens with zero attached hydrogens (tertiary/aromatic N) is 1. The lowest BCUT2D eigenvalue weighted by Gasteiger charge is -2.28. The zero-order chi connectivity index (χ0) is 19.2. The first-order chi connectivity index (χ1) is 13.2. The van der Waals surface area contributed by atoms with Gasteiger partial charge in [-0.25, -0.2) is 4.79 Å². The molecule has 0 bridgehead atoms. The first-order valence-corrected chi connectivity index (χ1v) is 9.63. The molecule has 27 heavy (non-hydrogen) atoms. The number of amides is 1. The second-order valence-corrected chi connectivity index (χ2v) is 7.17. The normalized spacial score (nSPS) is 19.3. The highest BCUT2D eigenvalue weighted by Gasteiger charge is 2.42. The Balaban J connectivity index is 1.96. The molecule has 1 aliphatic rings. The van der Waals surface area contributed by atoms with Gasteiger partial charge in [0.2, 0.25) is 5.91 Å². The molecule has 2 atom stereocenters. The van der Waals surface area contributed by atoms with Crippen molar-refractivity contribution in [2.24, 2.45) is 5.92 Å².